The van der Waals surface area contributed by atoms with E-state index in [4.69, 9.17) is 4.42 Å². The second-order valence-electron chi connectivity index (χ2n) is 9.05. The van der Waals surface area contributed by atoms with Gasteiger partial charge in [0.25, 0.3) is 5.89 Å². The molecule has 0 radical (unpaired) electrons. The smallest absolute Gasteiger partial charge is 0.263 e. The maximum absolute atomic E-state index is 12.1. The van der Waals surface area contributed by atoms with Gasteiger partial charge in [0, 0.05) is 19.3 Å². The van der Waals surface area contributed by atoms with E-state index in [2.05, 4.69) is 33.1 Å². The van der Waals surface area contributed by atoms with Crippen LogP contribution in [0.4, 0.5) is 0 Å². The highest BCUT2D eigenvalue weighted by Gasteiger charge is 2.15. The highest BCUT2D eigenvalue weighted by molar-refractivity contribution is 7.91. The molecule has 6 nitrogen and oxygen atoms in total. The van der Waals surface area contributed by atoms with Gasteiger partial charge in [-0.3, -0.25) is 4.79 Å². The Bertz CT molecular complexity index is 696. The third-order valence-electron chi connectivity index (χ3n) is 4.96. The topological polar surface area (TPSA) is 77.2 Å². The maximum Gasteiger partial charge on any atom is 0.263 e. The fraction of sp³-hybridized carbons (Fsp3) is 0.818. The van der Waals surface area contributed by atoms with Gasteiger partial charge in [-0.05, 0) is 19.3 Å². The molecule has 0 aromatic carbocycles. The molecule has 0 fully saturated rings. The molecule has 0 aliphatic rings. The Kier molecular flexibility index (Phi) is 15.1. The van der Waals surface area contributed by atoms with Crippen molar-refractivity contribution in [2.45, 2.75) is 77.6 Å². The largest absolute Gasteiger partial charge is 1.00 e. The lowest BCUT2D eigenvalue weighted by atomic mass is 10.1. The highest BCUT2D eigenvalue weighted by atomic mass is 127. The molecule has 0 saturated carbocycles. The number of halogens is 1. The SMILES string of the molecule is CCCCCCCC(=O)c1ncc(CCCCCS(=O)(=O)CCC[N+](C)(C)C)o1.[I-]. The quantitative estimate of drug-likeness (QED) is 0.126. The van der Waals surface area contributed by atoms with Crippen LogP contribution < -0.4 is 24.0 Å². The Morgan fingerprint density at radius 1 is 0.967 bits per heavy atom. The Morgan fingerprint density at radius 3 is 2.27 bits per heavy atom. The third-order valence-corrected chi connectivity index (χ3v) is 6.78. The zero-order chi connectivity index (χ0) is 21.8. The van der Waals surface area contributed by atoms with E-state index in [1.54, 1.807) is 6.20 Å². The van der Waals surface area contributed by atoms with Crippen LogP contribution in [0.1, 0.15) is 87.6 Å². The van der Waals surface area contributed by atoms with Gasteiger partial charge in [-0.15, -0.1) is 0 Å². The van der Waals surface area contributed by atoms with Gasteiger partial charge in [0.15, 0.2) is 9.84 Å². The summed E-state index contributed by atoms with van der Waals surface area (Å²) in [4.78, 5) is 16.2. The van der Waals surface area contributed by atoms with E-state index >= 15 is 0 Å². The van der Waals surface area contributed by atoms with Crippen LogP contribution in [0.3, 0.4) is 0 Å². The van der Waals surface area contributed by atoms with Crippen molar-refractivity contribution in [3.05, 3.63) is 17.8 Å². The number of aromatic nitrogens is 1. The molecule has 176 valence electrons. The van der Waals surface area contributed by atoms with E-state index in [1.807, 2.05) is 0 Å². The second kappa shape index (κ2) is 15.3. The third kappa shape index (κ3) is 14.5. The van der Waals surface area contributed by atoms with Crippen LogP contribution in [-0.2, 0) is 16.3 Å². The lowest BCUT2D eigenvalue weighted by Gasteiger charge is -2.23. The summed E-state index contributed by atoms with van der Waals surface area (Å²) in [7, 11) is 3.25. The van der Waals surface area contributed by atoms with Crippen LogP contribution in [0.2, 0.25) is 0 Å². The van der Waals surface area contributed by atoms with Crippen molar-refractivity contribution in [1.82, 2.24) is 4.98 Å². The number of oxazole rings is 1. The van der Waals surface area contributed by atoms with Crippen molar-refractivity contribution < 1.29 is 46.1 Å². The molecule has 8 heteroatoms. The number of carbonyl (C=O) groups excluding carboxylic acids is 1. The molecule has 0 aliphatic carbocycles. The molecule has 1 rings (SSSR count). The molecule has 1 aromatic rings. The average molecular weight is 557 g/mol. The molecule has 0 unspecified atom stereocenters. The summed E-state index contributed by atoms with van der Waals surface area (Å²) in [6.07, 6.45) is 11.4. The van der Waals surface area contributed by atoms with Gasteiger partial charge in [0.1, 0.15) is 5.76 Å². The fourth-order valence-electron chi connectivity index (χ4n) is 3.21. The van der Waals surface area contributed by atoms with Crippen LogP contribution in [-0.4, -0.2) is 62.9 Å². The van der Waals surface area contributed by atoms with Crippen molar-refractivity contribution in [1.29, 1.82) is 0 Å². The van der Waals surface area contributed by atoms with Gasteiger partial charge in [-0.1, -0.05) is 39.0 Å². The highest BCUT2D eigenvalue weighted by Crippen LogP contribution is 2.13. The van der Waals surface area contributed by atoms with Gasteiger partial charge in [0.05, 0.1) is 45.4 Å². The lowest BCUT2D eigenvalue weighted by molar-refractivity contribution is -0.870. The molecular weight excluding hydrogens is 515 g/mol. The lowest BCUT2D eigenvalue weighted by Crippen LogP contribution is -3.00. The van der Waals surface area contributed by atoms with E-state index in [9.17, 15) is 13.2 Å². The first-order valence-corrected chi connectivity index (χ1v) is 12.9. The predicted molar refractivity (Wildman–Crippen MR) is 118 cm³/mol. The minimum absolute atomic E-state index is 0. The number of carbonyl (C=O) groups is 1. The summed E-state index contributed by atoms with van der Waals surface area (Å²) < 4.78 is 30.6. The van der Waals surface area contributed by atoms with Crippen LogP contribution in [0.15, 0.2) is 10.6 Å². The summed E-state index contributed by atoms with van der Waals surface area (Å²) >= 11 is 0. The number of hydrogen-bond acceptors (Lipinski definition) is 5. The molecule has 0 saturated heterocycles. The van der Waals surface area contributed by atoms with Gasteiger partial charge in [0.2, 0.25) is 5.78 Å². The zero-order valence-corrected chi connectivity index (χ0v) is 22.3. The number of unbranched alkanes of at least 4 members (excludes halogenated alkanes) is 6. The summed E-state index contributed by atoms with van der Waals surface area (Å²) in [6, 6.07) is 0. The molecule has 0 spiro atoms. The summed E-state index contributed by atoms with van der Waals surface area (Å²) in [5.41, 5.74) is 0. The Hall–Kier alpha value is -0.480. The molecule has 30 heavy (non-hydrogen) atoms. The number of rotatable bonds is 17. The Balaban J connectivity index is 0.00000841. The Labute approximate surface area is 200 Å². The first-order chi connectivity index (χ1) is 13.6. The number of aryl methyl sites for hydroxylation is 1. The number of sulfone groups is 1. The second-order valence-corrected chi connectivity index (χ2v) is 11.4. The monoisotopic (exact) mass is 556 g/mol. The van der Waals surface area contributed by atoms with E-state index in [0.29, 0.717) is 31.4 Å². The number of nitrogens with zero attached hydrogens (tertiary/aromatic N) is 2. The fourth-order valence-corrected chi connectivity index (χ4v) is 4.62. The van der Waals surface area contributed by atoms with E-state index < -0.39 is 9.84 Å². The Morgan fingerprint density at radius 2 is 1.60 bits per heavy atom. The first-order valence-electron chi connectivity index (χ1n) is 11.1. The number of hydrogen-bond donors (Lipinski definition) is 0. The summed E-state index contributed by atoms with van der Waals surface area (Å²) in [6.45, 7) is 3.04. The van der Waals surface area contributed by atoms with Crippen molar-refractivity contribution in [3.8, 4) is 0 Å². The summed E-state index contributed by atoms with van der Waals surface area (Å²) in [5.74, 6) is 1.44. The molecule has 1 aromatic heterocycles. The minimum Gasteiger partial charge on any atom is -1.00 e. The van der Waals surface area contributed by atoms with Gasteiger partial charge >= 0.3 is 0 Å². The van der Waals surface area contributed by atoms with E-state index in [-0.39, 0.29) is 47.2 Å². The molecular formula is C22H41IN2O4S. The van der Waals surface area contributed by atoms with Crippen molar-refractivity contribution in [3.63, 3.8) is 0 Å². The van der Waals surface area contributed by atoms with Crippen molar-refractivity contribution >= 4 is 15.6 Å². The molecule has 0 atom stereocenters. The van der Waals surface area contributed by atoms with Gasteiger partial charge in [-0.25, -0.2) is 13.4 Å². The number of ketones is 1. The summed E-state index contributed by atoms with van der Waals surface area (Å²) in [5, 5.41) is 0. The van der Waals surface area contributed by atoms with Gasteiger partial charge < -0.3 is 32.9 Å². The van der Waals surface area contributed by atoms with Crippen molar-refractivity contribution in [2.75, 3.05) is 39.2 Å². The van der Waals surface area contributed by atoms with Gasteiger partial charge in [-0.2, -0.15) is 0 Å². The first kappa shape index (κ1) is 29.5. The van der Waals surface area contributed by atoms with E-state index in [0.717, 1.165) is 36.7 Å². The number of quaternary nitrogens is 1. The number of Topliss-reactive ketones (excluding diaryl/α,β-unsaturated/α-hetero) is 1. The minimum atomic E-state index is -2.96. The standard InChI is InChI=1S/C22H41N2O4S.HI/c1-5-6-7-8-11-15-21(25)22-23-19-20(28-22)14-10-9-12-17-29(26,27)18-13-16-24(2,3)4;/h19H,5-18H2,1-4H3;1H/q+1;/p-1. The van der Waals surface area contributed by atoms with Crippen LogP contribution >= 0.6 is 0 Å². The van der Waals surface area contributed by atoms with E-state index in [1.165, 1.54) is 19.3 Å². The average Bonchev–Trinajstić information content (AvgIpc) is 3.08. The van der Waals surface area contributed by atoms with Crippen LogP contribution in [0.25, 0.3) is 0 Å². The van der Waals surface area contributed by atoms with Crippen molar-refractivity contribution in [2.24, 2.45) is 0 Å². The van der Waals surface area contributed by atoms with Crippen LogP contribution in [0.5, 0.6) is 0 Å². The molecule has 0 amide bonds. The molecule has 1 heterocycles. The molecule has 0 bridgehead atoms. The molecule has 0 aliphatic heterocycles. The zero-order valence-electron chi connectivity index (χ0n) is 19.3. The maximum atomic E-state index is 12.1. The van der Waals surface area contributed by atoms with Crippen LogP contribution in [0, 0.1) is 0 Å². The predicted octanol–water partition coefficient (Wildman–Crippen LogP) is 1.45. The molecule has 0 N–H and O–H groups in total. The normalized spacial score (nSPS) is 12.0.